The number of thioether (sulfide) groups is 1. The van der Waals surface area contributed by atoms with Crippen molar-refractivity contribution in [1.82, 2.24) is 9.55 Å². The second kappa shape index (κ2) is 10.8. The first-order chi connectivity index (χ1) is 15.0. The number of carbonyl (C=O) groups is 1. The Kier molecular flexibility index (Phi) is 8.12. The molecule has 0 aliphatic rings. The topological polar surface area (TPSA) is 84.2 Å². The zero-order chi connectivity index (χ0) is 22.4. The number of aryl methyl sites for hydroxylation is 1. The molecule has 0 bridgehead atoms. The van der Waals surface area contributed by atoms with E-state index in [1.165, 1.54) is 16.3 Å². The van der Waals surface area contributed by atoms with Crippen molar-refractivity contribution < 1.29 is 9.90 Å². The van der Waals surface area contributed by atoms with Gasteiger partial charge in [0.05, 0.1) is 16.7 Å². The Balaban J connectivity index is 1.85. The standard InChI is InChI=1S/C23H26ClN3O3S/c1-3-15-10-11-18(24)16(4-2)21(15)26-20(29)14-31-23-25-19-9-6-5-8-17(19)22(30)27(23)12-7-13-28/h5-6,8-11,28H,3-4,7,12-14H2,1-2H3,(H,26,29). The number of fused-ring (bicyclic) bond motifs is 1. The SMILES string of the molecule is CCc1ccc(Cl)c(CC)c1NC(=O)CSc1nc2ccccc2c(=O)n1CCCO. The third-order valence-electron chi connectivity index (χ3n) is 5.04. The van der Waals surface area contributed by atoms with Gasteiger partial charge in [0, 0.05) is 23.9 Å². The fourth-order valence-corrected chi connectivity index (χ4v) is 4.57. The maximum absolute atomic E-state index is 12.9. The molecular weight excluding hydrogens is 434 g/mol. The molecule has 0 spiro atoms. The van der Waals surface area contributed by atoms with Crippen LogP contribution in [-0.4, -0.2) is 32.9 Å². The molecule has 1 heterocycles. The maximum atomic E-state index is 12.9. The predicted molar refractivity (Wildman–Crippen MR) is 127 cm³/mol. The molecule has 3 rings (SSSR count). The molecule has 6 nitrogen and oxygen atoms in total. The minimum Gasteiger partial charge on any atom is -0.396 e. The fourth-order valence-electron chi connectivity index (χ4n) is 3.46. The van der Waals surface area contributed by atoms with E-state index in [1.54, 1.807) is 18.2 Å². The zero-order valence-electron chi connectivity index (χ0n) is 17.7. The van der Waals surface area contributed by atoms with Crippen molar-refractivity contribution in [3.05, 3.63) is 62.9 Å². The summed E-state index contributed by atoms with van der Waals surface area (Å²) >= 11 is 7.54. The molecule has 2 aromatic carbocycles. The van der Waals surface area contributed by atoms with Gasteiger partial charge in [-0.1, -0.05) is 55.4 Å². The summed E-state index contributed by atoms with van der Waals surface area (Å²) in [5.41, 5.74) is 3.14. The van der Waals surface area contributed by atoms with Gasteiger partial charge in [0.25, 0.3) is 5.56 Å². The van der Waals surface area contributed by atoms with E-state index in [1.807, 2.05) is 32.0 Å². The number of aliphatic hydroxyl groups is 1. The average Bonchev–Trinajstić information content (AvgIpc) is 2.77. The van der Waals surface area contributed by atoms with Crippen molar-refractivity contribution in [1.29, 1.82) is 0 Å². The number of nitrogens with one attached hydrogen (secondary N) is 1. The molecule has 8 heteroatoms. The fraction of sp³-hybridized carbons (Fsp3) is 0.348. The van der Waals surface area contributed by atoms with Gasteiger partial charge in [-0.05, 0) is 48.6 Å². The maximum Gasteiger partial charge on any atom is 0.262 e. The molecule has 0 atom stereocenters. The summed E-state index contributed by atoms with van der Waals surface area (Å²) in [6.07, 6.45) is 1.92. The van der Waals surface area contributed by atoms with Crippen LogP contribution < -0.4 is 10.9 Å². The van der Waals surface area contributed by atoms with E-state index in [9.17, 15) is 14.7 Å². The first kappa shape index (κ1) is 23.3. The van der Waals surface area contributed by atoms with E-state index in [4.69, 9.17) is 11.6 Å². The van der Waals surface area contributed by atoms with Crippen LogP contribution in [0.1, 0.15) is 31.4 Å². The molecule has 0 radical (unpaired) electrons. The molecule has 3 aromatic rings. The number of hydrogen-bond donors (Lipinski definition) is 2. The van der Waals surface area contributed by atoms with Crippen LogP contribution in [0.5, 0.6) is 0 Å². The summed E-state index contributed by atoms with van der Waals surface area (Å²) in [7, 11) is 0. The van der Waals surface area contributed by atoms with Crippen molar-refractivity contribution in [3.8, 4) is 0 Å². The van der Waals surface area contributed by atoms with Crippen LogP contribution in [0.4, 0.5) is 5.69 Å². The van der Waals surface area contributed by atoms with Crippen LogP contribution >= 0.6 is 23.4 Å². The van der Waals surface area contributed by atoms with Gasteiger partial charge in [-0.3, -0.25) is 14.2 Å². The summed E-state index contributed by atoms with van der Waals surface area (Å²) in [5.74, 6) is -0.0873. The van der Waals surface area contributed by atoms with Crippen molar-refractivity contribution in [2.75, 3.05) is 17.7 Å². The number of hydrogen-bond acceptors (Lipinski definition) is 5. The van der Waals surface area contributed by atoms with E-state index in [0.717, 1.165) is 23.2 Å². The highest BCUT2D eigenvalue weighted by atomic mass is 35.5. The number of halogens is 1. The molecule has 2 N–H and O–H groups in total. The number of anilines is 1. The Hall–Kier alpha value is -2.35. The number of aromatic nitrogens is 2. The first-order valence-corrected chi connectivity index (χ1v) is 11.7. The lowest BCUT2D eigenvalue weighted by molar-refractivity contribution is -0.113. The molecule has 0 unspecified atom stereocenters. The molecule has 0 aliphatic heterocycles. The third kappa shape index (κ3) is 5.29. The second-order valence-corrected chi connectivity index (χ2v) is 8.40. The quantitative estimate of drug-likeness (QED) is 0.368. The number of para-hydroxylation sites is 1. The lowest BCUT2D eigenvalue weighted by Crippen LogP contribution is -2.25. The van der Waals surface area contributed by atoms with Gasteiger partial charge in [0.1, 0.15) is 0 Å². The summed E-state index contributed by atoms with van der Waals surface area (Å²) in [6.45, 7) is 4.35. The Bertz CT molecular complexity index is 1150. The van der Waals surface area contributed by atoms with Gasteiger partial charge in [-0.2, -0.15) is 0 Å². The van der Waals surface area contributed by atoms with Crippen LogP contribution in [0, 0.1) is 0 Å². The number of benzene rings is 2. The van der Waals surface area contributed by atoms with Crippen LogP contribution in [0.3, 0.4) is 0 Å². The number of rotatable bonds is 9. The highest BCUT2D eigenvalue weighted by Gasteiger charge is 2.16. The summed E-state index contributed by atoms with van der Waals surface area (Å²) in [6, 6.07) is 10.9. The largest absolute Gasteiger partial charge is 0.396 e. The Morgan fingerprint density at radius 2 is 1.97 bits per heavy atom. The molecule has 0 fully saturated rings. The van der Waals surface area contributed by atoms with Gasteiger partial charge >= 0.3 is 0 Å². The Labute approximate surface area is 190 Å². The van der Waals surface area contributed by atoms with Crippen LogP contribution in [0.25, 0.3) is 10.9 Å². The van der Waals surface area contributed by atoms with E-state index in [0.29, 0.717) is 40.5 Å². The van der Waals surface area contributed by atoms with Crippen LogP contribution in [0.15, 0.2) is 46.3 Å². The Morgan fingerprint density at radius 1 is 1.19 bits per heavy atom. The monoisotopic (exact) mass is 459 g/mol. The Morgan fingerprint density at radius 3 is 2.68 bits per heavy atom. The normalized spacial score (nSPS) is 11.1. The molecule has 1 amide bonds. The number of nitrogens with zero attached hydrogens (tertiary/aromatic N) is 2. The highest BCUT2D eigenvalue weighted by Crippen LogP contribution is 2.30. The lowest BCUT2D eigenvalue weighted by atomic mass is 10.0. The molecule has 0 saturated carbocycles. The lowest BCUT2D eigenvalue weighted by Gasteiger charge is -2.16. The predicted octanol–water partition coefficient (Wildman–Crippen LogP) is 4.29. The third-order valence-corrected chi connectivity index (χ3v) is 6.37. The summed E-state index contributed by atoms with van der Waals surface area (Å²) in [4.78, 5) is 30.3. The summed E-state index contributed by atoms with van der Waals surface area (Å²) < 4.78 is 1.53. The van der Waals surface area contributed by atoms with Gasteiger partial charge < -0.3 is 10.4 Å². The average molecular weight is 460 g/mol. The van der Waals surface area contributed by atoms with E-state index < -0.39 is 0 Å². The number of carbonyl (C=O) groups excluding carboxylic acids is 1. The smallest absolute Gasteiger partial charge is 0.262 e. The molecule has 0 aliphatic carbocycles. The molecule has 31 heavy (non-hydrogen) atoms. The number of amides is 1. The molecule has 1 aromatic heterocycles. The van der Waals surface area contributed by atoms with Gasteiger partial charge in [0.2, 0.25) is 5.91 Å². The summed E-state index contributed by atoms with van der Waals surface area (Å²) in [5, 5.41) is 13.8. The van der Waals surface area contributed by atoms with Gasteiger partial charge in [-0.15, -0.1) is 0 Å². The zero-order valence-corrected chi connectivity index (χ0v) is 19.2. The number of aliphatic hydroxyl groups excluding tert-OH is 1. The van der Waals surface area contributed by atoms with Crippen molar-refractivity contribution in [2.24, 2.45) is 0 Å². The minimum absolute atomic E-state index is 0.0295. The van der Waals surface area contributed by atoms with E-state index in [-0.39, 0.29) is 23.8 Å². The first-order valence-electron chi connectivity index (χ1n) is 10.3. The minimum atomic E-state index is -0.187. The van der Waals surface area contributed by atoms with E-state index >= 15 is 0 Å². The molecule has 164 valence electrons. The van der Waals surface area contributed by atoms with E-state index in [2.05, 4.69) is 10.3 Å². The van der Waals surface area contributed by atoms with Crippen LogP contribution in [0.2, 0.25) is 5.02 Å². The van der Waals surface area contributed by atoms with Gasteiger partial charge in [-0.25, -0.2) is 4.98 Å². The highest BCUT2D eigenvalue weighted by molar-refractivity contribution is 7.99. The molecule has 0 saturated heterocycles. The van der Waals surface area contributed by atoms with Gasteiger partial charge in [0.15, 0.2) is 5.16 Å². The van der Waals surface area contributed by atoms with Crippen molar-refractivity contribution in [3.63, 3.8) is 0 Å². The molecular formula is C23H26ClN3O3S. The van der Waals surface area contributed by atoms with Crippen molar-refractivity contribution >= 4 is 45.9 Å². The second-order valence-electron chi connectivity index (χ2n) is 7.05. The van der Waals surface area contributed by atoms with Crippen molar-refractivity contribution in [2.45, 2.75) is 44.8 Å². The van der Waals surface area contributed by atoms with Crippen LogP contribution in [-0.2, 0) is 24.2 Å².